The van der Waals surface area contributed by atoms with Gasteiger partial charge in [0, 0.05) is 5.92 Å². The predicted molar refractivity (Wildman–Crippen MR) is 82.2 cm³/mol. The van der Waals surface area contributed by atoms with Gasteiger partial charge in [0.25, 0.3) is 0 Å². The number of aliphatic hydroxyl groups excluding tert-OH is 1. The first-order valence-electron chi connectivity index (χ1n) is 9.12. The molecule has 4 aliphatic carbocycles. The van der Waals surface area contributed by atoms with E-state index < -0.39 is 5.41 Å². The second-order valence-electron chi connectivity index (χ2n) is 8.62. The third-order valence-corrected chi connectivity index (χ3v) is 7.65. The number of ketones is 1. The van der Waals surface area contributed by atoms with E-state index in [2.05, 4.69) is 13.8 Å². The Balaban J connectivity index is 1.73. The van der Waals surface area contributed by atoms with Crippen molar-refractivity contribution < 1.29 is 19.4 Å². The number of aliphatic hydroxyl groups is 1. The molecule has 4 heteroatoms. The lowest BCUT2D eigenvalue weighted by molar-refractivity contribution is -0.215. The second kappa shape index (κ2) is 4.27. The van der Waals surface area contributed by atoms with Crippen molar-refractivity contribution in [3.05, 3.63) is 11.1 Å². The van der Waals surface area contributed by atoms with Crippen LogP contribution in [0, 0.1) is 35.0 Å². The maximum atomic E-state index is 13.2. The SMILES string of the molecule is CC1C[C@H]2OC(=O)[C@]13CC[C@@H]1C[C@@H](O)C[C@H](C)C4=C1[C@@H]3[C@@H]2C4=O. The first-order chi connectivity index (χ1) is 10.9. The summed E-state index contributed by atoms with van der Waals surface area (Å²) in [7, 11) is 0. The molecule has 2 heterocycles. The molecule has 0 radical (unpaired) electrons. The zero-order valence-electron chi connectivity index (χ0n) is 13.7. The number of hydrogen-bond donors (Lipinski definition) is 1. The van der Waals surface area contributed by atoms with Gasteiger partial charge in [-0.2, -0.15) is 0 Å². The number of carbonyl (C=O) groups excluding carboxylic acids is 2. The van der Waals surface area contributed by atoms with Crippen LogP contribution in [0.1, 0.15) is 46.0 Å². The number of esters is 1. The molecule has 6 rings (SSSR count). The van der Waals surface area contributed by atoms with E-state index >= 15 is 0 Å². The molecule has 8 atom stereocenters. The van der Waals surface area contributed by atoms with Crippen molar-refractivity contribution in [3.63, 3.8) is 0 Å². The summed E-state index contributed by atoms with van der Waals surface area (Å²) in [4.78, 5) is 26.0. The lowest BCUT2D eigenvalue weighted by Gasteiger charge is -2.59. The van der Waals surface area contributed by atoms with E-state index in [0.29, 0.717) is 12.3 Å². The topological polar surface area (TPSA) is 63.6 Å². The normalized spacial score (nSPS) is 54.0. The van der Waals surface area contributed by atoms with Gasteiger partial charge in [-0.3, -0.25) is 9.59 Å². The van der Waals surface area contributed by atoms with E-state index in [1.165, 1.54) is 5.57 Å². The van der Waals surface area contributed by atoms with Crippen LogP contribution < -0.4 is 0 Å². The van der Waals surface area contributed by atoms with Crippen molar-refractivity contribution in [2.24, 2.45) is 35.0 Å². The summed E-state index contributed by atoms with van der Waals surface area (Å²) in [5, 5.41) is 10.3. The molecule has 0 aromatic carbocycles. The van der Waals surface area contributed by atoms with E-state index in [1.807, 2.05) is 0 Å². The summed E-state index contributed by atoms with van der Waals surface area (Å²) in [6.45, 7) is 4.24. The smallest absolute Gasteiger partial charge is 0.313 e. The van der Waals surface area contributed by atoms with Gasteiger partial charge in [0.1, 0.15) is 6.10 Å². The minimum atomic E-state index is -0.475. The standard InChI is InChI=1S/C19H24O4/c1-8-5-11(20)7-10-3-4-19-9(2)6-12(23-18(19)22)15-16(19)14(10)13(8)17(15)21/h8-12,15-16,20H,3-7H2,1-2H3/t8-,9?,10+,11-,12+,15+,16+,19+/m0/s1. The fourth-order valence-corrected chi connectivity index (χ4v) is 6.79. The molecule has 23 heavy (non-hydrogen) atoms. The number of fused-ring (bicyclic) bond motifs is 2. The van der Waals surface area contributed by atoms with Crippen molar-refractivity contribution in [1.82, 2.24) is 0 Å². The minimum Gasteiger partial charge on any atom is -0.461 e. The highest BCUT2D eigenvalue weighted by Gasteiger charge is 2.71. The summed E-state index contributed by atoms with van der Waals surface area (Å²) >= 11 is 0. The summed E-state index contributed by atoms with van der Waals surface area (Å²) in [6, 6.07) is 0. The molecule has 6 aliphatic rings. The molecule has 1 N–H and O–H groups in total. The van der Waals surface area contributed by atoms with Crippen molar-refractivity contribution in [2.75, 3.05) is 0 Å². The Morgan fingerprint density at radius 3 is 2.70 bits per heavy atom. The Morgan fingerprint density at radius 2 is 1.96 bits per heavy atom. The zero-order valence-corrected chi connectivity index (χ0v) is 13.7. The summed E-state index contributed by atoms with van der Waals surface area (Å²) in [6.07, 6.45) is 3.43. The number of ether oxygens (including phenoxy) is 1. The Hall–Kier alpha value is -1.16. The molecule has 2 aliphatic heterocycles. The lowest BCUT2D eigenvalue weighted by atomic mass is 9.48. The van der Waals surface area contributed by atoms with Crippen molar-refractivity contribution in [1.29, 1.82) is 0 Å². The van der Waals surface area contributed by atoms with Crippen molar-refractivity contribution in [3.8, 4) is 0 Å². The number of hydrogen-bond acceptors (Lipinski definition) is 4. The summed E-state index contributed by atoms with van der Waals surface area (Å²) < 4.78 is 5.72. The van der Waals surface area contributed by atoms with E-state index in [9.17, 15) is 14.7 Å². The number of carbonyl (C=O) groups is 2. The number of allylic oxidation sites excluding steroid dienone is 2. The fraction of sp³-hybridized carbons (Fsp3) is 0.789. The molecule has 4 fully saturated rings. The highest BCUT2D eigenvalue weighted by atomic mass is 16.5. The zero-order chi connectivity index (χ0) is 16.1. The highest BCUT2D eigenvalue weighted by molar-refractivity contribution is 6.04. The predicted octanol–water partition coefficient (Wildman–Crippen LogP) is 2.25. The molecule has 0 amide bonds. The summed E-state index contributed by atoms with van der Waals surface area (Å²) in [5.41, 5.74) is 1.74. The monoisotopic (exact) mass is 316 g/mol. The molecule has 1 unspecified atom stereocenters. The van der Waals surface area contributed by atoms with Gasteiger partial charge in [-0.1, -0.05) is 19.4 Å². The minimum absolute atomic E-state index is 0.0556. The van der Waals surface area contributed by atoms with Gasteiger partial charge >= 0.3 is 5.97 Å². The van der Waals surface area contributed by atoms with Crippen LogP contribution in [-0.4, -0.2) is 29.1 Å². The molecule has 4 nitrogen and oxygen atoms in total. The lowest BCUT2D eigenvalue weighted by Crippen LogP contribution is -2.64. The van der Waals surface area contributed by atoms with Gasteiger partial charge in [-0.15, -0.1) is 0 Å². The largest absolute Gasteiger partial charge is 0.461 e. The van der Waals surface area contributed by atoms with Crippen molar-refractivity contribution >= 4 is 11.8 Å². The van der Waals surface area contributed by atoms with Crippen LogP contribution >= 0.6 is 0 Å². The van der Waals surface area contributed by atoms with Gasteiger partial charge in [-0.25, -0.2) is 0 Å². The molecule has 0 aromatic rings. The third-order valence-electron chi connectivity index (χ3n) is 7.65. The first-order valence-corrected chi connectivity index (χ1v) is 9.12. The Labute approximate surface area is 136 Å². The van der Waals surface area contributed by atoms with E-state index in [-0.39, 0.29) is 47.6 Å². The van der Waals surface area contributed by atoms with Crippen LogP contribution in [-0.2, 0) is 14.3 Å². The molecule has 0 aromatic heterocycles. The van der Waals surface area contributed by atoms with Crippen LogP contribution in [0.4, 0.5) is 0 Å². The van der Waals surface area contributed by atoms with Gasteiger partial charge < -0.3 is 9.84 Å². The Kier molecular flexibility index (Phi) is 2.64. The maximum Gasteiger partial charge on any atom is 0.313 e. The van der Waals surface area contributed by atoms with E-state index in [1.54, 1.807) is 0 Å². The van der Waals surface area contributed by atoms with Gasteiger partial charge in [-0.05, 0) is 55.4 Å². The fourth-order valence-electron chi connectivity index (χ4n) is 6.79. The molecule has 124 valence electrons. The molecule has 2 bridgehead atoms. The van der Waals surface area contributed by atoms with Crippen molar-refractivity contribution in [2.45, 2.75) is 58.2 Å². The first kappa shape index (κ1) is 14.2. The Bertz CT molecular complexity index is 650. The Morgan fingerprint density at radius 1 is 1.17 bits per heavy atom. The second-order valence-corrected chi connectivity index (χ2v) is 8.62. The molecule has 1 spiro atoms. The van der Waals surface area contributed by atoms with E-state index in [0.717, 1.165) is 31.3 Å². The number of rotatable bonds is 0. The highest BCUT2D eigenvalue weighted by Crippen LogP contribution is 2.67. The van der Waals surface area contributed by atoms with Gasteiger partial charge in [0.2, 0.25) is 0 Å². The molecule has 2 saturated carbocycles. The van der Waals surface area contributed by atoms with Crippen LogP contribution in [0.3, 0.4) is 0 Å². The van der Waals surface area contributed by atoms with Gasteiger partial charge in [0.15, 0.2) is 5.78 Å². The molecular formula is C19H24O4. The van der Waals surface area contributed by atoms with Crippen LogP contribution in [0.15, 0.2) is 11.1 Å². The molecular weight excluding hydrogens is 292 g/mol. The average molecular weight is 316 g/mol. The average Bonchev–Trinajstić information content (AvgIpc) is 2.72. The van der Waals surface area contributed by atoms with Crippen LogP contribution in [0.5, 0.6) is 0 Å². The summed E-state index contributed by atoms with van der Waals surface area (Å²) in [5.74, 6) is 0.782. The van der Waals surface area contributed by atoms with Crippen LogP contribution in [0.2, 0.25) is 0 Å². The van der Waals surface area contributed by atoms with E-state index in [4.69, 9.17) is 4.74 Å². The number of Topliss-reactive ketones (excluding diaryl/α,β-unsaturated/α-hetero) is 1. The van der Waals surface area contributed by atoms with Gasteiger partial charge in [0.05, 0.1) is 17.4 Å². The maximum absolute atomic E-state index is 13.2. The molecule has 2 saturated heterocycles. The van der Waals surface area contributed by atoms with Crippen LogP contribution in [0.25, 0.3) is 0 Å². The third kappa shape index (κ3) is 1.47. The quantitative estimate of drug-likeness (QED) is 0.696.